The molecule has 0 radical (unpaired) electrons. The van der Waals surface area contributed by atoms with E-state index in [-0.39, 0.29) is 0 Å². The van der Waals surface area contributed by atoms with Gasteiger partial charge in [0.05, 0.1) is 13.2 Å². The van der Waals surface area contributed by atoms with E-state index in [0.717, 1.165) is 37.7 Å². The fourth-order valence-electron chi connectivity index (χ4n) is 1.48. The zero-order valence-electron chi connectivity index (χ0n) is 7.95. The Kier molecular flexibility index (Phi) is 3.22. The molecule has 1 fully saturated rings. The van der Waals surface area contributed by atoms with Crippen molar-refractivity contribution in [3.63, 3.8) is 0 Å². The first-order valence-electron chi connectivity index (χ1n) is 4.74. The van der Waals surface area contributed by atoms with E-state index in [2.05, 4.69) is 9.88 Å². The number of hydrogen-bond donors (Lipinski definition) is 0. The van der Waals surface area contributed by atoms with Crippen LogP contribution in [-0.2, 0) is 10.6 Å². The van der Waals surface area contributed by atoms with Crippen molar-refractivity contribution in [3.05, 3.63) is 23.9 Å². The smallest absolute Gasteiger partial charge is 0.128 e. The molecule has 3 nitrogen and oxygen atoms in total. The molecule has 4 heteroatoms. The summed E-state index contributed by atoms with van der Waals surface area (Å²) in [4.78, 5) is 6.58. The summed E-state index contributed by atoms with van der Waals surface area (Å²) in [5, 5.41) is 0. The van der Waals surface area contributed by atoms with Gasteiger partial charge in [-0.3, -0.25) is 0 Å². The van der Waals surface area contributed by atoms with Crippen LogP contribution in [0.3, 0.4) is 0 Å². The molecule has 0 spiro atoms. The molecule has 0 aliphatic carbocycles. The van der Waals surface area contributed by atoms with Crippen molar-refractivity contribution < 1.29 is 4.74 Å². The number of aromatic nitrogens is 1. The zero-order valence-corrected chi connectivity index (χ0v) is 8.70. The van der Waals surface area contributed by atoms with Crippen LogP contribution in [0.15, 0.2) is 18.3 Å². The molecular weight excluding hydrogens is 200 g/mol. The van der Waals surface area contributed by atoms with Crippen molar-refractivity contribution in [1.82, 2.24) is 4.98 Å². The standard InChI is InChI=1S/C10H13ClN2O/c11-7-9-1-2-10(12-8-9)13-3-5-14-6-4-13/h1-2,8H,3-7H2. The van der Waals surface area contributed by atoms with Crippen LogP contribution in [0.2, 0.25) is 0 Å². The topological polar surface area (TPSA) is 25.4 Å². The molecule has 0 bridgehead atoms. The Hall–Kier alpha value is -0.800. The third kappa shape index (κ3) is 2.16. The van der Waals surface area contributed by atoms with E-state index in [1.54, 1.807) is 0 Å². The van der Waals surface area contributed by atoms with Crippen LogP contribution in [0, 0.1) is 0 Å². The summed E-state index contributed by atoms with van der Waals surface area (Å²) in [6, 6.07) is 4.04. The van der Waals surface area contributed by atoms with Gasteiger partial charge in [0.1, 0.15) is 5.82 Å². The average molecular weight is 213 g/mol. The zero-order chi connectivity index (χ0) is 9.80. The van der Waals surface area contributed by atoms with Crippen molar-refractivity contribution in [1.29, 1.82) is 0 Å². The lowest BCUT2D eigenvalue weighted by atomic mass is 10.3. The van der Waals surface area contributed by atoms with Crippen LogP contribution in [0.4, 0.5) is 5.82 Å². The van der Waals surface area contributed by atoms with Crippen molar-refractivity contribution in [2.24, 2.45) is 0 Å². The van der Waals surface area contributed by atoms with Gasteiger partial charge in [-0.2, -0.15) is 0 Å². The maximum Gasteiger partial charge on any atom is 0.128 e. The number of morpholine rings is 1. The highest BCUT2D eigenvalue weighted by Crippen LogP contribution is 2.13. The number of alkyl halides is 1. The second-order valence-electron chi connectivity index (χ2n) is 3.26. The molecule has 76 valence electrons. The highest BCUT2D eigenvalue weighted by molar-refractivity contribution is 6.17. The van der Waals surface area contributed by atoms with Crippen LogP contribution >= 0.6 is 11.6 Å². The summed E-state index contributed by atoms with van der Waals surface area (Å²) in [5.74, 6) is 1.54. The number of ether oxygens (including phenoxy) is 1. The van der Waals surface area contributed by atoms with Gasteiger partial charge < -0.3 is 9.64 Å². The van der Waals surface area contributed by atoms with Gasteiger partial charge in [0.15, 0.2) is 0 Å². The Morgan fingerprint density at radius 1 is 1.36 bits per heavy atom. The lowest BCUT2D eigenvalue weighted by Gasteiger charge is -2.27. The Bertz CT molecular complexity index is 283. The van der Waals surface area contributed by atoms with E-state index in [4.69, 9.17) is 16.3 Å². The molecule has 2 rings (SSSR count). The highest BCUT2D eigenvalue weighted by atomic mass is 35.5. The number of rotatable bonds is 2. The second kappa shape index (κ2) is 4.62. The van der Waals surface area contributed by atoms with E-state index < -0.39 is 0 Å². The molecule has 14 heavy (non-hydrogen) atoms. The maximum absolute atomic E-state index is 5.69. The van der Waals surface area contributed by atoms with Crippen molar-refractivity contribution in [2.45, 2.75) is 5.88 Å². The summed E-state index contributed by atoms with van der Waals surface area (Å²) in [6.07, 6.45) is 1.83. The lowest BCUT2D eigenvalue weighted by Crippen LogP contribution is -2.36. The van der Waals surface area contributed by atoms with Gasteiger partial charge in [-0.25, -0.2) is 4.98 Å². The normalized spacial score (nSPS) is 17.1. The first-order valence-corrected chi connectivity index (χ1v) is 5.27. The molecule has 0 N–H and O–H groups in total. The molecule has 1 aliphatic rings. The van der Waals surface area contributed by atoms with Crippen molar-refractivity contribution >= 4 is 17.4 Å². The number of anilines is 1. The second-order valence-corrected chi connectivity index (χ2v) is 3.52. The first kappa shape index (κ1) is 9.74. The van der Waals surface area contributed by atoms with Crippen molar-refractivity contribution in [3.8, 4) is 0 Å². The van der Waals surface area contributed by atoms with Crippen molar-refractivity contribution in [2.75, 3.05) is 31.2 Å². The summed E-state index contributed by atoms with van der Waals surface area (Å²) in [5.41, 5.74) is 1.06. The van der Waals surface area contributed by atoms with E-state index in [1.807, 2.05) is 18.3 Å². The van der Waals surface area contributed by atoms with Crippen LogP contribution in [0.25, 0.3) is 0 Å². The number of halogens is 1. The quantitative estimate of drug-likeness (QED) is 0.698. The van der Waals surface area contributed by atoms with Gasteiger partial charge in [-0.05, 0) is 11.6 Å². The lowest BCUT2D eigenvalue weighted by molar-refractivity contribution is 0.122. The van der Waals surface area contributed by atoms with Crippen LogP contribution in [-0.4, -0.2) is 31.3 Å². The molecule has 1 saturated heterocycles. The fraction of sp³-hybridized carbons (Fsp3) is 0.500. The van der Waals surface area contributed by atoms with Crippen LogP contribution in [0.1, 0.15) is 5.56 Å². The van der Waals surface area contributed by atoms with Gasteiger partial charge in [-0.15, -0.1) is 11.6 Å². The summed E-state index contributed by atoms with van der Waals surface area (Å²) in [7, 11) is 0. The van der Waals surface area contributed by atoms with E-state index in [1.165, 1.54) is 0 Å². The van der Waals surface area contributed by atoms with Crippen LogP contribution < -0.4 is 4.90 Å². The van der Waals surface area contributed by atoms with E-state index in [9.17, 15) is 0 Å². The third-order valence-electron chi connectivity index (χ3n) is 2.30. The minimum atomic E-state index is 0.524. The molecule has 0 aromatic carbocycles. The molecule has 1 aromatic rings. The Labute approximate surface area is 88.6 Å². The van der Waals surface area contributed by atoms with E-state index >= 15 is 0 Å². The summed E-state index contributed by atoms with van der Waals surface area (Å²) in [6.45, 7) is 3.43. The monoisotopic (exact) mass is 212 g/mol. The summed E-state index contributed by atoms with van der Waals surface area (Å²) < 4.78 is 5.28. The molecule has 0 amide bonds. The number of hydrogen-bond acceptors (Lipinski definition) is 3. The average Bonchev–Trinajstić information content (AvgIpc) is 2.30. The Balaban J connectivity index is 2.07. The first-order chi connectivity index (χ1) is 6.90. The minimum absolute atomic E-state index is 0.524. The van der Waals surface area contributed by atoms with Gasteiger partial charge >= 0.3 is 0 Å². The molecule has 1 aliphatic heterocycles. The number of nitrogens with zero attached hydrogens (tertiary/aromatic N) is 2. The van der Waals surface area contributed by atoms with Gasteiger partial charge in [0.25, 0.3) is 0 Å². The largest absolute Gasteiger partial charge is 0.378 e. The van der Waals surface area contributed by atoms with Crippen LogP contribution in [0.5, 0.6) is 0 Å². The predicted molar refractivity (Wildman–Crippen MR) is 56.8 cm³/mol. The fourth-order valence-corrected chi connectivity index (χ4v) is 1.63. The molecule has 0 atom stereocenters. The molecule has 0 saturated carbocycles. The Morgan fingerprint density at radius 3 is 2.71 bits per heavy atom. The van der Waals surface area contributed by atoms with Gasteiger partial charge in [0, 0.05) is 25.2 Å². The van der Waals surface area contributed by atoms with Gasteiger partial charge in [-0.1, -0.05) is 6.07 Å². The minimum Gasteiger partial charge on any atom is -0.378 e. The predicted octanol–water partition coefficient (Wildman–Crippen LogP) is 1.66. The maximum atomic E-state index is 5.69. The molecule has 1 aromatic heterocycles. The molecule has 2 heterocycles. The highest BCUT2D eigenvalue weighted by Gasteiger charge is 2.11. The number of pyridine rings is 1. The van der Waals surface area contributed by atoms with Gasteiger partial charge in [0.2, 0.25) is 0 Å². The summed E-state index contributed by atoms with van der Waals surface area (Å²) >= 11 is 5.69. The molecular formula is C10H13ClN2O. The van der Waals surface area contributed by atoms with E-state index in [0.29, 0.717) is 5.88 Å². The SMILES string of the molecule is ClCc1ccc(N2CCOCC2)nc1. The molecule has 0 unspecified atom stereocenters. The Morgan fingerprint density at radius 2 is 2.14 bits per heavy atom. The third-order valence-corrected chi connectivity index (χ3v) is 2.61.